The Balaban J connectivity index is 1.74. The van der Waals surface area contributed by atoms with E-state index in [0.717, 1.165) is 44.0 Å². The van der Waals surface area contributed by atoms with Crippen molar-refractivity contribution in [2.75, 3.05) is 7.11 Å². The van der Waals surface area contributed by atoms with E-state index in [1.807, 2.05) is 42.6 Å². The number of hydrogen-bond acceptors (Lipinski definition) is 5. The number of aromatic nitrogens is 6. The minimum absolute atomic E-state index is 0.188. The summed E-state index contributed by atoms with van der Waals surface area (Å²) in [6.07, 6.45) is 8.85. The molecule has 156 valence electrons. The number of nitrogens with one attached hydrogen (secondary N) is 1. The molecule has 0 unspecified atom stereocenters. The van der Waals surface area contributed by atoms with Gasteiger partial charge in [-0.15, -0.1) is 0 Å². The van der Waals surface area contributed by atoms with Crippen LogP contribution in [0.25, 0.3) is 49.8 Å². The van der Waals surface area contributed by atoms with Crippen LogP contribution in [-0.4, -0.2) is 36.2 Å². The number of methoxy groups -OCH3 is 1. The van der Waals surface area contributed by atoms with Crippen molar-refractivity contribution in [3.63, 3.8) is 0 Å². The Morgan fingerprint density at radius 3 is 2.78 bits per heavy atom. The van der Waals surface area contributed by atoms with E-state index in [-0.39, 0.29) is 5.69 Å². The number of nitrogens with zero attached hydrogens (tertiary/aromatic N) is 5. The average molecular weight is 422 g/mol. The third-order valence-electron chi connectivity index (χ3n) is 5.83. The fourth-order valence-electron chi connectivity index (χ4n) is 4.21. The first-order valence-corrected chi connectivity index (χ1v) is 10.1. The lowest BCUT2D eigenvalue weighted by molar-refractivity contribution is 0.417. The summed E-state index contributed by atoms with van der Waals surface area (Å²) in [5.41, 5.74) is 4.70. The molecule has 5 aromatic heterocycles. The second kappa shape index (κ2) is 6.78. The highest BCUT2D eigenvalue weighted by Crippen LogP contribution is 2.36. The third kappa shape index (κ3) is 2.56. The van der Waals surface area contributed by atoms with Crippen molar-refractivity contribution >= 4 is 32.8 Å². The van der Waals surface area contributed by atoms with Gasteiger partial charge in [0.15, 0.2) is 0 Å². The molecule has 0 saturated heterocycles. The van der Waals surface area contributed by atoms with Gasteiger partial charge in [0.05, 0.1) is 35.4 Å². The van der Waals surface area contributed by atoms with Gasteiger partial charge in [0, 0.05) is 65.9 Å². The van der Waals surface area contributed by atoms with Gasteiger partial charge in [0.1, 0.15) is 11.6 Å². The molecule has 0 fully saturated rings. The third-order valence-corrected chi connectivity index (χ3v) is 5.83. The van der Waals surface area contributed by atoms with Crippen LogP contribution in [0.1, 0.15) is 0 Å². The quantitative estimate of drug-likeness (QED) is 0.468. The molecule has 0 aliphatic heterocycles. The van der Waals surface area contributed by atoms with Gasteiger partial charge in [-0.05, 0) is 18.2 Å². The van der Waals surface area contributed by atoms with Gasteiger partial charge in [0.25, 0.3) is 0 Å². The zero-order valence-corrected chi connectivity index (χ0v) is 17.4. The van der Waals surface area contributed by atoms with Crippen LogP contribution in [0.4, 0.5) is 0 Å². The Labute approximate surface area is 181 Å². The Morgan fingerprint density at radius 1 is 1.06 bits per heavy atom. The van der Waals surface area contributed by atoms with E-state index < -0.39 is 0 Å². The highest BCUT2D eigenvalue weighted by Gasteiger charge is 2.19. The number of imidazole rings is 1. The van der Waals surface area contributed by atoms with Crippen LogP contribution in [0.5, 0.6) is 5.75 Å². The van der Waals surface area contributed by atoms with Crippen molar-refractivity contribution in [3.05, 3.63) is 77.9 Å². The molecule has 0 saturated carbocycles. The van der Waals surface area contributed by atoms with Crippen molar-refractivity contribution in [1.82, 2.24) is 29.1 Å². The standard InChI is InChI=1S/C24H18N6O2/c1-29-20-13-27-19-9-21(32-2)16(14-4-3-6-25-11-14)8-17(19)23(20)30(24(29)31)22-10-18-15(12-28-22)5-7-26-18/h3-13,26H,1-2H3. The van der Waals surface area contributed by atoms with Crippen LogP contribution < -0.4 is 10.4 Å². The van der Waals surface area contributed by atoms with Gasteiger partial charge in [-0.1, -0.05) is 6.07 Å². The normalized spacial score (nSPS) is 11.6. The van der Waals surface area contributed by atoms with Crippen molar-refractivity contribution in [3.8, 4) is 22.7 Å². The van der Waals surface area contributed by atoms with E-state index in [1.54, 1.807) is 48.1 Å². The Morgan fingerprint density at radius 2 is 1.97 bits per heavy atom. The number of ether oxygens (including phenoxy) is 1. The van der Waals surface area contributed by atoms with Crippen molar-refractivity contribution in [2.45, 2.75) is 0 Å². The second-order valence-corrected chi connectivity index (χ2v) is 7.59. The van der Waals surface area contributed by atoms with Crippen LogP contribution in [0.15, 0.2) is 72.2 Å². The van der Waals surface area contributed by atoms with Gasteiger partial charge in [-0.25, -0.2) is 14.3 Å². The van der Waals surface area contributed by atoms with E-state index in [0.29, 0.717) is 11.6 Å². The van der Waals surface area contributed by atoms with Crippen LogP contribution in [0.3, 0.4) is 0 Å². The summed E-state index contributed by atoms with van der Waals surface area (Å²) in [4.78, 5) is 29.9. The molecular weight excluding hydrogens is 404 g/mol. The van der Waals surface area contributed by atoms with Crippen molar-refractivity contribution in [2.24, 2.45) is 7.05 Å². The summed E-state index contributed by atoms with van der Waals surface area (Å²) >= 11 is 0. The molecule has 0 aliphatic rings. The molecule has 32 heavy (non-hydrogen) atoms. The van der Waals surface area contributed by atoms with Gasteiger partial charge in [0.2, 0.25) is 0 Å². The summed E-state index contributed by atoms with van der Waals surface area (Å²) in [7, 11) is 3.38. The maximum Gasteiger partial charge on any atom is 0.334 e. The van der Waals surface area contributed by atoms with Gasteiger partial charge in [-0.2, -0.15) is 0 Å². The molecule has 1 N–H and O–H groups in total. The highest BCUT2D eigenvalue weighted by molar-refractivity contribution is 6.05. The van der Waals surface area contributed by atoms with E-state index in [1.165, 1.54) is 0 Å². The summed E-state index contributed by atoms with van der Waals surface area (Å²) in [5, 5.41) is 1.81. The van der Waals surface area contributed by atoms with Crippen LogP contribution >= 0.6 is 0 Å². The first-order chi connectivity index (χ1) is 15.7. The minimum Gasteiger partial charge on any atom is -0.496 e. The number of rotatable bonds is 3. The maximum atomic E-state index is 13.3. The number of fused-ring (bicyclic) bond motifs is 4. The Bertz CT molecular complexity index is 1690. The molecule has 8 nitrogen and oxygen atoms in total. The second-order valence-electron chi connectivity index (χ2n) is 7.59. The fourth-order valence-corrected chi connectivity index (χ4v) is 4.21. The van der Waals surface area contributed by atoms with Crippen molar-refractivity contribution < 1.29 is 4.74 Å². The first kappa shape index (κ1) is 18.3. The number of hydrogen-bond donors (Lipinski definition) is 1. The summed E-state index contributed by atoms with van der Waals surface area (Å²) < 4.78 is 8.88. The van der Waals surface area contributed by atoms with E-state index in [9.17, 15) is 4.79 Å². The molecule has 1 aromatic carbocycles. The molecule has 6 rings (SSSR count). The fraction of sp³-hybridized carbons (Fsp3) is 0.0833. The van der Waals surface area contributed by atoms with Crippen LogP contribution in [-0.2, 0) is 7.05 Å². The number of H-pyrrole nitrogens is 1. The van der Waals surface area contributed by atoms with Crippen LogP contribution in [0, 0.1) is 0 Å². The number of pyridine rings is 3. The summed E-state index contributed by atoms with van der Waals surface area (Å²) in [6.45, 7) is 0. The maximum absolute atomic E-state index is 13.3. The van der Waals surface area contributed by atoms with Gasteiger partial charge in [-0.3, -0.25) is 14.5 Å². The number of benzene rings is 1. The molecule has 0 aliphatic carbocycles. The van der Waals surface area contributed by atoms with E-state index >= 15 is 0 Å². The smallest absolute Gasteiger partial charge is 0.334 e. The molecule has 6 aromatic rings. The van der Waals surface area contributed by atoms with Gasteiger partial charge >= 0.3 is 5.69 Å². The molecule has 8 heteroatoms. The van der Waals surface area contributed by atoms with Crippen LogP contribution in [0.2, 0.25) is 0 Å². The number of aromatic amines is 1. The zero-order chi connectivity index (χ0) is 21.8. The lowest BCUT2D eigenvalue weighted by Gasteiger charge is -2.12. The summed E-state index contributed by atoms with van der Waals surface area (Å²) in [6, 6.07) is 11.6. The Kier molecular flexibility index (Phi) is 3.88. The minimum atomic E-state index is -0.188. The van der Waals surface area contributed by atoms with Crippen molar-refractivity contribution in [1.29, 1.82) is 0 Å². The Hall–Kier alpha value is -4.46. The summed E-state index contributed by atoms with van der Waals surface area (Å²) in [5.74, 6) is 1.23. The molecule has 5 heterocycles. The zero-order valence-electron chi connectivity index (χ0n) is 17.4. The largest absolute Gasteiger partial charge is 0.496 e. The SMILES string of the molecule is COc1cc2ncc3c(c2cc1-c1cccnc1)n(-c1cc2[nH]ccc2cn1)c(=O)n3C. The molecule has 0 atom stereocenters. The lowest BCUT2D eigenvalue weighted by Crippen LogP contribution is -2.21. The molecule has 0 amide bonds. The molecular formula is C24H18N6O2. The average Bonchev–Trinajstić information content (AvgIpc) is 3.40. The van der Waals surface area contributed by atoms with E-state index in [2.05, 4.69) is 19.9 Å². The number of aryl methyl sites for hydroxylation is 1. The van der Waals surface area contributed by atoms with Gasteiger partial charge < -0.3 is 9.72 Å². The highest BCUT2D eigenvalue weighted by atomic mass is 16.5. The monoisotopic (exact) mass is 422 g/mol. The topological polar surface area (TPSA) is 90.6 Å². The molecule has 0 bridgehead atoms. The molecule has 0 spiro atoms. The molecule has 0 radical (unpaired) electrons. The predicted octanol–water partition coefficient (Wildman–Crippen LogP) is 3.82. The van der Waals surface area contributed by atoms with E-state index in [4.69, 9.17) is 4.74 Å². The predicted molar refractivity (Wildman–Crippen MR) is 123 cm³/mol. The first-order valence-electron chi connectivity index (χ1n) is 10.1. The lowest BCUT2D eigenvalue weighted by atomic mass is 10.0.